The first-order valence-corrected chi connectivity index (χ1v) is 31.0. The van der Waals surface area contributed by atoms with Crippen molar-refractivity contribution < 1.29 is 38.0 Å². The molecule has 0 radical (unpaired) electrons. The molecule has 10 nitrogen and oxygen atoms in total. The number of unbranched alkanes of at least 4 members (excludes halogenated alkanes) is 8. The minimum atomic E-state index is -0.347. The summed E-state index contributed by atoms with van der Waals surface area (Å²) in [7, 11) is 4.02. The summed E-state index contributed by atoms with van der Waals surface area (Å²) in [5, 5.41) is 0. The molecule has 12 heteroatoms. The molecule has 2 aliphatic rings. The average molecular weight is 1020 g/mol. The molecule has 0 aliphatic carbocycles. The molecule has 0 spiro atoms. The Labute approximate surface area is 437 Å². The van der Waals surface area contributed by atoms with Gasteiger partial charge in [-0.1, -0.05) is 97.9 Å². The number of carbonyl (C=O) groups is 2. The van der Waals surface area contributed by atoms with Crippen molar-refractivity contribution in [3.63, 3.8) is 0 Å². The lowest BCUT2D eigenvalue weighted by Gasteiger charge is -2.32. The van der Waals surface area contributed by atoms with Gasteiger partial charge in [0.15, 0.2) is 12.6 Å². The SMILES string of the molecule is CC/C=C\CCCCOC(CCC(=O)OCCC1CCN(CCSSCCN2CCC(CCOC(=O)CCC(OCCCC/C=C\CC)OCCCC/C=C\CC)CC2)CC1)OCCCC/C=C\CC. The zero-order valence-corrected chi connectivity index (χ0v) is 46.8. The van der Waals surface area contributed by atoms with Crippen LogP contribution in [0.15, 0.2) is 48.6 Å². The van der Waals surface area contributed by atoms with E-state index in [0.29, 0.717) is 77.2 Å². The molecule has 0 aromatic rings. The second-order valence-corrected chi connectivity index (χ2v) is 21.9. The van der Waals surface area contributed by atoms with Gasteiger partial charge in [-0.05, 0) is 179 Å². The van der Waals surface area contributed by atoms with Crippen molar-refractivity contribution in [2.24, 2.45) is 11.8 Å². The highest BCUT2D eigenvalue weighted by atomic mass is 33.1. The third-order valence-corrected chi connectivity index (χ3v) is 15.5. The van der Waals surface area contributed by atoms with Gasteiger partial charge in [0.1, 0.15) is 0 Å². The van der Waals surface area contributed by atoms with Crippen LogP contribution in [0.1, 0.15) is 195 Å². The number of nitrogens with zero attached hydrogens (tertiary/aromatic N) is 2. The van der Waals surface area contributed by atoms with Gasteiger partial charge in [0, 0.05) is 63.9 Å². The maximum Gasteiger partial charge on any atom is 0.305 e. The molecule has 2 heterocycles. The summed E-state index contributed by atoms with van der Waals surface area (Å²) >= 11 is 0. The Morgan fingerprint density at radius 3 is 1.07 bits per heavy atom. The topological polar surface area (TPSA) is 96.0 Å². The fraction of sp³-hybridized carbons (Fsp3) is 0.828. The molecule has 2 saturated heterocycles. The molecule has 2 fully saturated rings. The standard InChI is InChI=1S/C58H104N2O8S2/c1-5-9-13-17-21-25-45-65-57(66-46-26-22-18-14-10-6-2)31-29-55(61)63-49-37-53-33-39-59(40-34-53)43-51-69-70-52-44-60-41-35-54(36-42-60)38-50-64-56(62)30-32-58(67-47-27-23-19-15-11-7-3)68-48-28-24-20-16-12-8-4/h9-16,53-54,57-58H,5-8,17-52H2,1-4H3/b13-9-,14-10-,15-11-,16-12-. The largest absolute Gasteiger partial charge is 0.466 e. The van der Waals surface area contributed by atoms with Gasteiger partial charge in [0.25, 0.3) is 0 Å². The molecule has 0 amide bonds. The third-order valence-electron chi connectivity index (χ3n) is 13.1. The molecule has 0 aromatic heterocycles. The van der Waals surface area contributed by atoms with Crippen molar-refractivity contribution in [1.29, 1.82) is 0 Å². The maximum absolute atomic E-state index is 12.7. The number of hydrogen-bond acceptors (Lipinski definition) is 12. The zero-order chi connectivity index (χ0) is 50.2. The van der Waals surface area contributed by atoms with Crippen molar-refractivity contribution >= 4 is 33.5 Å². The molecular formula is C58H104N2O8S2. The Morgan fingerprint density at radius 2 is 0.771 bits per heavy atom. The van der Waals surface area contributed by atoms with Crippen LogP contribution < -0.4 is 0 Å². The number of esters is 2. The second-order valence-electron chi connectivity index (χ2n) is 19.2. The van der Waals surface area contributed by atoms with Gasteiger partial charge < -0.3 is 38.2 Å². The molecule has 70 heavy (non-hydrogen) atoms. The summed E-state index contributed by atoms with van der Waals surface area (Å²) in [5.74, 6) is 3.29. The van der Waals surface area contributed by atoms with Crippen LogP contribution in [0.25, 0.3) is 0 Å². The van der Waals surface area contributed by atoms with Crippen LogP contribution in [0.4, 0.5) is 0 Å². The summed E-state index contributed by atoms with van der Waals surface area (Å²) in [6.45, 7) is 19.1. The van der Waals surface area contributed by atoms with E-state index < -0.39 is 0 Å². The Hall–Kier alpha value is -1.64. The average Bonchev–Trinajstić information content (AvgIpc) is 3.37. The number of rotatable bonds is 47. The first kappa shape index (κ1) is 64.5. The Balaban J connectivity index is 1.49. The van der Waals surface area contributed by atoms with Gasteiger partial charge in [-0.25, -0.2) is 0 Å². The first-order chi connectivity index (χ1) is 34.5. The minimum absolute atomic E-state index is 0.139. The molecule has 0 atom stereocenters. The van der Waals surface area contributed by atoms with Crippen molar-refractivity contribution in [1.82, 2.24) is 9.80 Å². The molecule has 0 N–H and O–H groups in total. The number of carbonyl (C=O) groups excluding carboxylic acids is 2. The van der Waals surface area contributed by atoms with E-state index in [2.05, 4.69) is 86.1 Å². The summed E-state index contributed by atoms with van der Waals surface area (Å²) in [6, 6.07) is 0. The lowest BCUT2D eigenvalue weighted by atomic mass is 9.94. The van der Waals surface area contributed by atoms with Gasteiger partial charge in [-0.2, -0.15) is 0 Å². The van der Waals surface area contributed by atoms with Crippen LogP contribution in [0.3, 0.4) is 0 Å². The van der Waals surface area contributed by atoms with E-state index >= 15 is 0 Å². The Morgan fingerprint density at radius 1 is 0.457 bits per heavy atom. The normalized spacial score (nSPS) is 15.9. The molecule has 0 bridgehead atoms. The number of likely N-dealkylation sites (tertiary alicyclic amines) is 2. The molecule has 406 valence electrons. The van der Waals surface area contributed by atoms with E-state index in [9.17, 15) is 9.59 Å². The number of hydrogen-bond donors (Lipinski definition) is 0. The fourth-order valence-electron chi connectivity index (χ4n) is 8.63. The highest BCUT2D eigenvalue weighted by Crippen LogP contribution is 2.26. The van der Waals surface area contributed by atoms with Crippen LogP contribution in [-0.2, 0) is 38.0 Å². The number of allylic oxidation sites excluding steroid dienone is 8. The summed E-state index contributed by atoms with van der Waals surface area (Å²) in [4.78, 5) is 30.6. The summed E-state index contributed by atoms with van der Waals surface area (Å²) in [6.07, 6.45) is 42.6. The smallest absolute Gasteiger partial charge is 0.305 e. The predicted octanol–water partition coefficient (Wildman–Crippen LogP) is 14.5. The van der Waals surface area contributed by atoms with Crippen molar-refractivity contribution in [2.75, 3.05) is 90.4 Å². The number of piperidine rings is 2. The number of ether oxygens (including phenoxy) is 6. The summed E-state index contributed by atoms with van der Waals surface area (Å²) in [5.41, 5.74) is 0. The van der Waals surface area contributed by atoms with Crippen molar-refractivity contribution in [2.45, 2.75) is 207 Å². The van der Waals surface area contributed by atoms with Crippen LogP contribution in [0.5, 0.6) is 0 Å². The van der Waals surface area contributed by atoms with E-state index in [0.717, 1.165) is 166 Å². The van der Waals surface area contributed by atoms with Gasteiger partial charge in [-0.3, -0.25) is 9.59 Å². The highest BCUT2D eigenvalue weighted by molar-refractivity contribution is 8.76. The minimum Gasteiger partial charge on any atom is -0.466 e. The lowest BCUT2D eigenvalue weighted by molar-refractivity contribution is -0.159. The maximum atomic E-state index is 12.7. The van der Waals surface area contributed by atoms with Crippen LogP contribution in [0.2, 0.25) is 0 Å². The molecule has 0 aromatic carbocycles. The highest BCUT2D eigenvalue weighted by Gasteiger charge is 2.22. The first-order valence-electron chi connectivity index (χ1n) is 28.5. The van der Waals surface area contributed by atoms with E-state index in [1.807, 2.05) is 21.6 Å². The lowest BCUT2D eigenvalue weighted by Crippen LogP contribution is -2.36. The Bertz CT molecular complexity index is 1170. The Kier molecular flexibility index (Phi) is 44.5. The molecule has 2 aliphatic heterocycles. The van der Waals surface area contributed by atoms with Crippen LogP contribution in [0, 0.1) is 11.8 Å². The van der Waals surface area contributed by atoms with Crippen molar-refractivity contribution in [3.8, 4) is 0 Å². The van der Waals surface area contributed by atoms with Gasteiger partial charge in [0.2, 0.25) is 0 Å². The van der Waals surface area contributed by atoms with Gasteiger partial charge in [0.05, 0.1) is 26.1 Å². The van der Waals surface area contributed by atoms with Gasteiger partial charge in [-0.15, -0.1) is 0 Å². The molecular weight excluding hydrogens is 917 g/mol. The molecule has 2 rings (SSSR count). The van der Waals surface area contributed by atoms with E-state index in [1.165, 1.54) is 25.7 Å². The van der Waals surface area contributed by atoms with Gasteiger partial charge >= 0.3 is 11.9 Å². The predicted molar refractivity (Wildman–Crippen MR) is 297 cm³/mol. The van der Waals surface area contributed by atoms with Crippen LogP contribution >= 0.6 is 21.6 Å². The quantitative estimate of drug-likeness (QED) is 0.0191. The zero-order valence-electron chi connectivity index (χ0n) is 45.2. The van der Waals surface area contributed by atoms with E-state index in [1.54, 1.807) is 0 Å². The van der Waals surface area contributed by atoms with Crippen molar-refractivity contribution in [3.05, 3.63) is 48.6 Å². The molecule has 0 saturated carbocycles. The fourth-order valence-corrected chi connectivity index (χ4v) is 10.7. The van der Waals surface area contributed by atoms with E-state index in [-0.39, 0.29) is 24.5 Å². The molecule has 0 unspecified atom stereocenters. The second kappa shape index (κ2) is 48.3. The third kappa shape index (κ3) is 38.9. The van der Waals surface area contributed by atoms with E-state index in [4.69, 9.17) is 28.4 Å². The summed E-state index contributed by atoms with van der Waals surface area (Å²) < 4.78 is 35.7. The van der Waals surface area contributed by atoms with Crippen LogP contribution in [-0.4, -0.2) is 125 Å². The monoisotopic (exact) mass is 1020 g/mol.